The van der Waals surface area contributed by atoms with Crippen molar-refractivity contribution in [3.8, 4) is 6.07 Å². The van der Waals surface area contributed by atoms with Gasteiger partial charge in [-0.25, -0.2) is 0 Å². The van der Waals surface area contributed by atoms with Crippen molar-refractivity contribution in [2.45, 2.75) is 57.8 Å². The predicted molar refractivity (Wildman–Crippen MR) is 73.3 cm³/mol. The molecule has 2 aliphatic carbocycles. The number of aryl methyl sites for hydroxylation is 2. The summed E-state index contributed by atoms with van der Waals surface area (Å²) in [4.78, 5) is 0. The van der Waals surface area contributed by atoms with Crippen LogP contribution in [0.2, 0.25) is 0 Å². The summed E-state index contributed by atoms with van der Waals surface area (Å²) in [5, 5.41) is 9.67. The van der Waals surface area contributed by atoms with Crippen LogP contribution < -0.4 is 0 Å². The smallest absolute Gasteiger partial charge is 0.0833 e. The molecule has 1 spiro atoms. The van der Waals surface area contributed by atoms with E-state index >= 15 is 0 Å². The second-order valence-corrected chi connectivity index (χ2v) is 6.63. The highest BCUT2D eigenvalue weighted by atomic mass is 14.6. The maximum Gasteiger partial charge on any atom is 0.0833 e. The van der Waals surface area contributed by atoms with Crippen molar-refractivity contribution in [3.05, 3.63) is 34.9 Å². The van der Waals surface area contributed by atoms with Gasteiger partial charge in [0.15, 0.2) is 0 Å². The van der Waals surface area contributed by atoms with E-state index in [-0.39, 0.29) is 5.41 Å². The fourth-order valence-electron chi connectivity index (χ4n) is 4.31. The van der Waals surface area contributed by atoms with Crippen LogP contribution in [0.15, 0.2) is 18.2 Å². The zero-order chi connectivity index (χ0) is 12.8. The van der Waals surface area contributed by atoms with Crippen LogP contribution in [0, 0.1) is 30.6 Å². The zero-order valence-corrected chi connectivity index (χ0v) is 11.4. The average molecular weight is 239 g/mol. The van der Waals surface area contributed by atoms with Gasteiger partial charge in [0.2, 0.25) is 0 Å². The molecule has 0 unspecified atom stereocenters. The van der Waals surface area contributed by atoms with Crippen LogP contribution in [0.5, 0.6) is 0 Å². The number of hydrogen-bond donors (Lipinski definition) is 0. The molecule has 18 heavy (non-hydrogen) atoms. The Kier molecular flexibility index (Phi) is 2.52. The zero-order valence-electron chi connectivity index (χ0n) is 11.4. The topological polar surface area (TPSA) is 23.8 Å². The van der Waals surface area contributed by atoms with Gasteiger partial charge in [-0.05, 0) is 50.5 Å². The van der Waals surface area contributed by atoms with Crippen LogP contribution in [0.25, 0.3) is 0 Å². The van der Waals surface area contributed by atoms with E-state index in [9.17, 15) is 5.26 Å². The van der Waals surface area contributed by atoms with Crippen LogP contribution in [-0.4, -0.2) is 0 Å². The van der Waals surface area contributed by atoms with Crippen LogP contribution >= 0.6 is 0 Å². The number of nitrogens with zero attached hydrogens (tertiary/aromatic N) is 1. The summed E-state index contributed by atoms with van der Waals surface area (Å²) in [7, 11) is 0. The molecule has 1 aromatic carbocycles. The molecule has 1 nitrogen and oxygen atoms in total. The van der Waals surface area contributed by atoms with Crippen molar-refractivity contribution in [2.75, 3.05) is 0 Å². The molecule has 94 valence electrons. The summed E-state index contributed by atoms with van der Waals surface area (Å²) in [5.74, 6) is 0. The molecule has 2 saturated carbocycles. The molecule has 1 aromatic rings. The molecular formula is C17H21N. The van der Waals surface area contributed by atoms with E-state index in [1.54, 1.807) is 0 Å². The van der Waals surface area contributed by atoms with Crippen molar-refractivity contribution in [3.63, 3.8) is 0 Å². The van der Waals surface area contributed by atoms with Gasteiger partial charge >= 0.3 is 0 Å². The fraction of sp³-hybridized carbons (Fsp3) is 0.588. The highest BCUT2D eigenvalue weighted by molar-refractivity contribution is 5.42. The van der Waals surface area contributed by atoms with Gasteiger partial charge in [0.25, 0.3) is 0 Å². The van der Waals surface area contributed by atoms with Crippen LogP contribution in [0.3, 0.4) is 0 Å². The first-order valence-electron chi connectivity index (χ1n) is 7.08. The van der Waals surface area contributed by atoms with Gasteiger partial charge in [-0.2, -0.15) is 5.26 Å². The number of rotatable bonds is 1. The molecule has 2 aliphatic rings. The van der Waals surface area contributed by atoms with Crippen molar-refractivity contribution < 1.29 is 0 Å². The second-order valence-electron chi connectivity index (χ2n) is 6.63. The van der Waals surface area contributed by atoms with E-state index in [4.69, 9.17) is 0 Å². The Morgan fingerprint density at radius 3 is 2.06 bits per heavy atom. The number of hydrogen-bond acceptors (Lipinski definition) is 1. The Labute approximate surface area is 110 Å². The van der Waals surface area contributed by atoms with Crippen molar-refractivity contribution >= 4 is 0 Å². The van der Waals surface area contributed by atoms with Crippen LogP contribution in [0.4, 0.5) is 0 Å². The third-order valence-electron chi connectivity index (χ3n) is 5.01. The van der Waals surface area contributed by atoms with Crippen LogP contribution in [0.1, 0.15) is 55.2 Å². The lowest BCUT2D eigenvalue weighted by Gasteiger charge is -2.51. The molecule has 2 fully saturated rings. The van der Waals surface area contributed by atoms with Gasteiger partial charge < -0.3 is 0 Å². The molecular weight excluding hydrogens is 218 g/mol. The lowest BCUT2D eigenvalue weighted by Crippen LogP contribution is -2.47. The summed E-state index contributed by atoms with van der Waals surface area (Å²) < 4.78 is 0. The SMILES string of the molecule is Cc1cc(C)cc(C2(C#N)CC3(CCCC3)C2)c1. The Morgan fingerprint density at radius 1 is 1.00 bits per heavy atom. The van der Waals surface area contributed by atoms with Gasteiger partial charge in [-0.3, -0.25) is 0 Å². The molecule has 0 saturated heterocycles. The highest BCUT2D eigenvalue weighted by Gasteiger charge is 2.56. The second kappa shape index (κ2) is 3.85. The quantitative estimate of drug-likeness (QED) is 0.711. The molecule has 3 rings (SSSR count). The Morgan fingerprint density at radius 2 is 1.56 bits per heavy atom. The molecule has 0 aliphatic heterocycles. The minimum atomic E-state index is -0.179. The number of benzene rings is 1. The normalized spacial score (nSPS) is 23.6. The molecule has 0 aromatic heterocycles. The third kappa shape index (κ3) is 1.67. The predicted octanol–water partition coefficient (Wildman–Crippen LogP) is 4.42. The molecule has 0 bridgehead atoms. The number of nitriles is 1. The first kappa shape index (κ1) is 11.8. The Balaban J connectivity index is 1.92. The Bertz CT molecular complexity index is 487. The molecule has 0 atom stereocenters. The Hall–Kier alpha value is -1.29. The summed E-state index contributed by atoms with van der Waals surface area (Å²) in [6.07, 6.45) is 7.63. The van der Waals surface area contributed by atoms with E-state index in [2.05, 4.69) is 38.1 Å². The van der Waals surface area contributed by atoms with Crippen molar-refractivity contribution in [1.29, 1.82) is 5.26 Å². The molecule has 0 radical (unpaired) electrons. The van der Waals surface area contributed by atoms with E-state index < -0.39 is 0 Å². The maximum absolute atomic E-state index is 9.67. The first-order chi connectivity index (χ1) is 8.57. The standard InChI is InChI=1S/C17H21N/c1-13-7-14(2)9-15(8-13)17(12-18)10-16(11-17)5-3-4-6-16/h7-9H,3-6,10-11H2,1-2H3. The van der Waals surface area contributed by atoms with Crippen molar-refractivity contribution in [1.82, 2.24) is 0 Å². The van der Waals surface area contributed by atoms with Gasteiger partial charge in [0.05, 0.1) is 11.5 Å². The van der Waals surface area contributed by atoms with E-state index in [1.807, 2.05) is 0 Å². The molecule has 1 heteroatoms. The highest BCUT2D eigenvalue weighted by Crippen LogP contribution is 2.62. The average Bonchev–Trinajstić information content (AvgIpc) is 2.73. The lowest BCUT2D eigenvalue weighted by molar-refractivity contribution is 0.0647. The minimum absolute atomic E-state index is 0.179. The van der Waals surface area contributed by atoms with Gasteiger partial charge in [-0.1, -0.05) is 42.2 Å². The summed E-state index contributed by atoms with van der Waals surface area (Å²) in [5.41, 5.74) is 4.17. The van der Waals surface area contributed by atoms with E-state index in [0.717, 1.165) is 12.8 Å². The molecule has 0 N–H and O–H groups in total. The fourth-order valence-corrected chi connectivity index (χ4v) is 4.31. The third-order valence-corrected chi connectivity index (χ3v) is 5.01. The summed E-state index contributed by atoms with van der Waals surface area (Å²) >= 11 is 0. The largest absolute Gasteiger partial charge is 0.197 e. The lowest BCUT2D eigenvalue weighted by atomic mass is 9.50. The summed E-state index contributed by atoms with van der Waals surface area (Å²) in [6.45, 7) is 4.26. The maximum atomic E-state index is 9.67. The molecule has 0 amide bonds. The minimum Gasteiger partial charge on any atom is -0.197 e. The van der Waals surface area contributed by atoms with Gasteiger partial charge in [0, 0.05) is 0 Å². The van der Waals surface area contributed by atoms with Crippen molar-refractivity contribution in [2.24, 2.45) is 5.41 Å². The van der Waals surface area contributed by atoms with Gasteiger partial charge in [-0.15, -0.1) is 0 Å². The van der Waals surface area contributed by atoms with Crippen LogP contribution in [-0.2, 0) is 5.41 Å². The van der Waals surface area contributed by atoms with E-state index in [1.165, 1.54) is 42.4 Å². The van der Waals surface area contributed by atoms with Gasteiger partial charge in [0.1, 0.15) is 0 Å². The first-order valence-corrected chi connectivity index (χ1v) is 7.08. The molecule has 0 heterocycles. The summed E-state index contributed by atoms with van der Waals surface area (Å²) in [6, 6.07) is 9.27. The monoisotopic (exact) mass is 239 g/mol. The van der Waals surface area contributed by atoms with E-state index in [0.29, 0.717) is 5.41 Å².